The number of ether oxygens (including phenoxy) is 1. The number of likely N-dealkylation sites (tertiary alicyclic amines) is 1. The summed E-state index contributed by atoms with van der Waals surface area (Å²) in [7, 11) is 0. The van der Waals surface area contributed by atoms with E-state index in [0.717, 1.165) is 17.5 Å². The van der Waals surface area contributed by atoms with Crippen LogP contribution in [0.4, 0.5) is 4.39 Å². The molecule has 0 N–H and O–H groups in total. The maximum Gasteiger partial charge on any atom is 0.274 e. The number of aromatic nitrogens is 1. The molecule has 26 heavy (non-hydrogen) atoms. The van der Waals surface area contributed by atoms with Gasteiger partial charge in [-0.2, -0.15) is 4.98 Å². The number of nitrogens with zero attached hydrogens (tertiary/aromatic N) is 2. The number of halogens is 1. The number of carbonyl (C=O) groups excluding carboxylic acids is 1. The fourth-order valence-electron chi connectivity index (χ4n) is 2.93. The minimum Gasteiger partial charge on any atom is -0.467 e. The van der Waals surface area contributed by atoms with Gasteiger partial charge in [0.2, 0.25) is 5.91 Å². The van der Waals surface area contributed by atoms with Crippen molar-refractivity contribution >= 4 is 33.5 Å². The number of hydrogen-bond donors (Lipinski definition) is 0. The molecule has 0 saturated carbocycles. The second-order valence-corrected chi connectivity index (χ2v) is 7.05. The summed E-state index contributed by atoms with van der Waals surface area (Å²) < 4.78 is 25.6. The topological polar surface area (TPSA) is 55.6 Å². The Balaban J connectivity index is 1.33. The molecule has 1 amide bonds. The molecule has 0 unspecified atom stereocenters. The quantitative estimate of drug-likeness (QED) is 0.647. The molecular weight excluding hydrogens is 355 g/mol. The molecule has 0 aliphatic carbocycles. The van der Waals surface area contributed by atoms with Gasteiger partial charge in [-0.15, -0.1) is 0 Å². The van der Waals surface area contributed by atoms with Crippen molar-refractivity contribution in [2.75, 3.05) is 13.1 Å². The minimum atomic E-state index is -0.336. The van der Waals surface area contributed by atoms with Gasteiger partial charge in [0.15, 0.2) is 0 Å². The van der Waals surface area contributed by atoms with Crippen molar-refractivity contribution in [3.8, 4) is 5.19 Å². The van der Waals surface area contributed by atoms with E-state index in [4.69, 9.17) is 9.15 Å². The summed E-state index contributed by atoms with van der Waals surface area (Å²) in [4.78, 5) is 18.2. The lowest BCUT2D eigenvalue weighted by atomic mass is 10.1. The lowest BCUT2D eigenvalue weighted by Crippen LogP contribution is -2.41. The number of fused-ring (bicyclic) bond motifs is 1. The van der Waals surface area contributed by atoms with Crippen molar-refractivity contribution in [2.24, 2.45) is 0 Å². The van der Waals surface area contributed by atoms with Gasteiger partial charge in [0.05, 0.1) is 11.0 Å². The molecule has 0 spiro atoms. The van der Waals surface area contributed by atoms with Crippen LogP contribution < -0.4 is 4.74 Å². The van der Waals surface area contributed by atoms with E-state index in [0.29, 0.717) is 29.6 Å². The molecule has 3 heterocycles. The smallest absolute Gasteiger partial charge is 0.274 e. The summed E-state index contributed by atoms with van der Waals surface area (Å²) in [6.07, 6.45) is 6.19. The van der Waals surface area contributed by atoms with E-state index < -0.39 is 0 Å². The summed E-state index contributed by atoms with van der Waals surface area (Å²) in [5, 5.41) is 0.479. The zero-order chi connectivity index (χ0) is 17.9. The first-order valence-corrected chi connectivity index (χ1v) is 9.23. The first kappa shape index (κ1) is 16.8. The summed E-state index contributed by atoms with van der Waals surface area (Å²) in [5.41, 5.74) is 0.350. The highest BCUT2D eigenvalue weighted by Crippen LogP contribution is 2.31. The van der Waals surface area contributed by atoms with Gasteiger partial charge in [0, 0.05) is 32.0 Å². The second kappa shape index (κ2) is 7.29. The van der Waals surface area contributed by atoms with E-state index in [1.807, 2.05) is 6.07 Å². The van der Waals surface area contributed by atoms with Crippen LogP contribution in [0.25, 0.3) is 16.3 Å². The van der Waals surface area contributed by atoms with Gasteiger partial charge in [-0.1, -0.05) is 17.4 Å². The molecule has 1 aliphatic rings. The van der Waals surface area contributed by atoms with E-state index in [9.17, 15) is 9.18 Å². The molecule has 7 heteroatoms. The zero-order valence-electron chi connectivity index (χ0n) is 13.9. The maximum atomic E-state index is 13.7. The van der Waals surface area contributed by atoms with Crippen LogP contribution in [-0.2, 0) is 4.79 Å². The number of amides is 1. The lowest BCUT2D eigenvalue weighted by molar-refractivity contribution is -0.127. The number of thiazole rings is 1. The van der Waals surface area contributed by atoms with Gasteiger partial charge in [-0.25, -0.2) is 4.39 Å². The van der Waals surface area contributed by atoms with Crippen LogP contribution in [0.3, 0.4) is 0 Å². The second-order valence-electron chi connectivity index (χ2n) is 6.06. The van der Waals surface area contributed by atoms with Gasteiger partial charge >= 0.3 is 0 Å². The molecule has 134 valence electrons. The highest BCUT2D eigenvalue weighted by molar-refractivity contribution is 7.20. The Morgan fingerprint density at radius 1 is 1.31 bits per heavy atom. The molecule has 1 aliphatic heterocycles. The largest absolute Gasteiger partial charge is 0.467 e. The molecule has 4 rings (SSSR count). The van der Waals surface area contributed by atoms with Crippen LogP contribution in [0, 0.1) is 5.82 Å². The average Bonchev–Trinajstić information content (AvgIpc) is 3.30. The predicted molar refractivity (Wildman–Crippen MR) is 97.6 cm³/mol. The summed E-state index contributed by atoms with van der Waals surface area (Å²) in [5.74, 6) is 0.277. The van der Waals surface area contributed by atoms with E-state index >= 15 is 0 Å². The van der Waals surface area contributed by atoms with E-state index in [-0.39, 0.29) is 17.8 Å². The van der Waals surface area contributed by atoms with Crippen LogP contribution in [0.5, 0.6) is 5.19 Å². The monoisotopic (exact) mass is 372 g/mol. The Morgan fingerprint density at radius 2 is 2.15 bits per heavy atom. The number of piperidine rings is 1. The Morgan fingerprint density at radius 3 is 2.88 bits per heavy atom. The number of carbonyl (C=O) groups is 1. The van der Waals surface area contributed by atoms with Gasteiger partial charge in [-0.3, -0.25) is 4.79 Å². The minimum absolute atomic E-state index is 0.0169. The summed E-state index contributed by atoms with van der Waals surface area (Å²) in [6.45, 7) is 1.23. The van der Waals surface area contributed by atoms with Crippen LogP contribution in [0.15, 0.2) is 47.1 Å². The molecule has 0 radical (unpaired) electrons. The maximum absolute atomic E-state index is 13.7. The Kier molecular flexibility index (Phi) is 4.71. The molecular formula is C19H17FN2O3S. The third kappa shape index (κ3) is 3.62. The molecule has 0 atom stereocenters. The van der Waals surface area contributed by atoms with E-state index in [2.05, 4.69) is 4.98 Å². The number of benzene rings is 1. The zero-order valence-corrected chi connectivity index (χ0v) is 14.7. The molecule has 1 aromatic carbocycles. The van der Waals surface area contributed by atoms with Gasteiger partial charge in [0.25, 0.3) is 5.19 Å². The average molecular weight is 372 g/mol. The third-order valence-electron chi connectivity index (χ3n) is 4.30. The predicted octanol–water partition coefficient (Wildman–Crippen LogP) is 4.11. The summed E-state index contributed by atoms with van der Waals surface area (Å²) in [6, 6.07) is 8.47. The molecule has 2 aromatic heterocycles. The van der Waals surface area contributed by atoms with Crippen molar-refractivity contribution in [2.45, 2.75) is 18.9 Å². The van der Waals surface area contributed by atoms with Gasteiger partial charge < -0.3 is 14.1 Å². The van der Waals surface area contributed by atoms with Crippen molar-refractivity contribution in [1.29, 1.82) is 0 Å². The standard InChI is InChI=1S/C19H17FN2O3S/c20-15-4-1-5-16-18(15)21-19(26-16)25-14-8-10-22(11-9-14)17(23)7-6-13-3-2-12-24-13/h1-7,12,14H,8-11H2/b7-6+. The fourth-order valence-corrected chi connectivity index (χ4v) is 3.82. The highest BCUT2D eigenvalue weighted by Gasteiger charge is 2.24. The number of furan rings is 1. The van der Waals surface area contributed by atoms with Crippen LogP contribution >= 0.6 is 11.3 Å². The lowest BCUT2D eigenvalue weighted by Gasteiger charge is -2.30. The van der Waals surface area contributed by atoms with E-state index in [1.54, 1.807) is 35.4 Å². The molecule has 1 fully saturated rings. The van der Waals surface area contributed by atoms with E-state index in [1.165, 1.54) is 23.5 Å². The number of para-hydroxylation sites is 1. The molecule has 3 aromatic rings. The molecule has 1 saturated heterocycles. The first-order valence-electron chi connectivity index (χ1n) is 8.41. The SMILES string of the molecule is O=C(/C=C/c1ccco1)N1CCC(Oc2nc3c(F)cccc3s2)CC1. The number of rotatable bonds is 4. The van der Waals surface area contributed by atoms with Crippen LogP contribution in [0.2, 0.25) is 0 Å². The normalized spacial score (nSPS) is 15.8. The van der Waals surface area contributed by atoms with Crippen molar-refractivity contribution in [3.05, 3.63) is 54.2 Å². The Labute approximate surface area is 153 Å². The highest BCUT2D eigenvalue weighted by atomic mass is 32.1. The van der Waals surface area contributed by atoms with Crippen molar-refractivity contribution in [3.63, 3.8) is 0 Å². The van der Waals surface area contributed by atoms with Crippen molar-refractivity contribution in [1.82, 2.24) is 9.88 Å². The molecule has 5 nitrogen and oxygen atoms in total. The van der Waals surface area contributed by atoms with Gasteiger partial charge in [0.1, 0.15) is 23.2 Å². The van der Waals surface area contributed by atoms with Crippen LogP contribution in [0.1, 0.15) is 18.6 Å². The summed E-state index contributed by atoms with van der Waals surface area (Å²) >= 11 is 1.34. The van der Waals surface area contributed by atoms with Gasteiger partial charge in [-0.05, 0) is 30.3 Å². The first-order chi connectivity index (χ1) is 12.7. The fraction of sp³-hybridized carbons (Fsp3) is 0.263. The van der Waals surface area contributed by atoms with Crippen molar-refractivity contribution < 1.29 is 18.3 Å². The Bertz CT molecular complexity index is 928. The number of hydrogen-bond acceptors (Lipinski definition) is 5. The third-order valence-corrected chi connectivity index (χ3v) is 5.22. The van der Waals surface area contributed by atoms with Crippen LogP contribution in [-0.4, -0.2) is 35.0 Å². The Hall–Kier alpha value is -2.67. The molecule has 0 bridgehead atoms.